The summed E-state index contributed by atoms with van der Waals surface area (Å²) in [6, 6.07) is 0. The Morgan fingerprint density at radius 1 is 1.00 bits per heavy atom. The van der Waals surface area contributed by atoms with Gasteiger partial charge in [0.2, 0.25) is 5.92 Å². The van der Waals surface area contributed by atoms with Crippen LogP contribution in [0.4, 0.5) is 8.78 Å². The highest BCUT2D eigenvalue weighted by molar-refractivity contribution is 4.75. The van der Waals surface area contributed by atoms with E-state index in [1.54, 1.807) is 0 Å². The predicted molar refractivity (Wildman–Crippen MR) is 48.5 cm³/mol. The van der Waals surface area contributed by atoms with Crippen molar-refractivity contribution in [2.75, 3.05) is 0 Å². The Balaban J connectivity index is 0.000000561. The van der Waals surface area contributed by atoms with Gasteiger partial charge in [0.25, 0.3) is 0 Å². The molecule has 1 rings (SSSR count). The molecule has 0 amide bonds. The lowest BCUT2D eigenvalue weighted by molar-refractivity contribution is -0.0528. The number of hydrogen-bond acceptors (Lipinski definition) is 0. The molecule has 1 aliphatic carbocycles. The van der Waals surface area contributed by atoms with E-state index in [2.05, 4.69) is 0 Å². The Kier molecular flexibility index (Phi) is 5.43. The van der Waals surface area contributed by atoms with Crippen molar-refractivity contribution in [1.29, 1.82) is 0 Å². The van der Waals surface area contributed by atoms with E-state index in [0.717, 1.165) is 39.0 Å². The van der Waals surface area contributed by atoms with Gasteiger partial charge in [-0.15, -0.1) is 0 Å². The van der Waals surface area contributed by atoms with Crippen LogP contribution in [0.1, 0.15) is 52.9 Å². The van der Waals surface area contributed by atoms with Crippen molar-refractivity contribution in [3.8, 4) is 0 Å². The van der Waals surface area contributed by atoms with E-state index in [0.29, 0.717) is 0 Å². The summed E-state index contributed by atoms with van der Waals surface area (Å²) >= 11 is 0. The molecule has 1 aliphatic rings. The van der Waals surface area contributed by atoms with Gasteiger partial charge in [-0.25, -0.2) is 8.78 Å². The number of alkyl halides is 2. The molecule has 0 heterocycles. The molecule has 0 aromatic carbocycles. The van der Waals surface area contributed by atoms with Crippen molar-refractivity contribution in [1.82, 2.24) is 0 Å². The lowest BCUT2D eigenvalue weighted by Crippen LogP contribution is -2.26. The minimum atomic E-state index is -2.43. The molecule has 74 valence electrons. The highest BCUT2D eigenvalue weighted by Crippen LogP contribution is 2.35. The Hall–Kier alpha value is -0.140. The van der Waals surface area contributed by atoms with Gasteiger partial charge >= 0.3 is 0 Å². The van der Waals surface area contributed by atoms with Crippen molar-refractivity contribution < 1.29 is 8.78 Å². The fourth-order valence-corrected chi connectivity index (χ4v) is 1.61. The maximum Gasteiger partial charge on any atom is 0.248 e. The average molecular weight is 178 g/mol. The summed E-state index contributed by atoms with van der Waals surface area (Å²) in [7, 11) is 0. The molecule has 1 fully saturated rings. The van der Waals surface area contributed by atoms with Gasteiger partial charge in [-0.3, -0.25) is 0 Å². The van der Waals surface area contributed by atoms with Crippen LogP contribution >= 0.6 is 0 Å². The van der Waals surface area contributed by atoms with E-state index in [-0.39, 0.29) is 5.92 Å². The van der Waals surface area contributed by atoms with Crippen LogP contribution in [0, 0.1) is 5.92 Å². The molecule has 1 saturated carbocycles. The summed E-state index contributed by atoms with van der Waals surface area (Å²) in [5, 5.41) is 0. The minimum absolute atomic E-state index is 0.332. The van der Waals surface area contributed by atoms with Gasteiger partial charge in [0.05, 0.1) is 0 Å². The van der Waals surface area contributed by atoms with E-state index in [1.165, 1.54) is 0 Å². The van der Waals surface area contributed by atoms with Crippen LogP contribution in [0.15, 0.2) is 0 Å². The lowest BCUT2D eigenvalue weighted by atomic mass is 9.85. The van der Waals surface area contributed by atoms with Gasteiger partial charge in [0.15, 0.2) is 0 Å². The highest BCUT2D eigenvalue weighted by atomic mass is 19.3. The van der Waals surface area contributed by atoms with Crippen molar-refractivity contribution >= 4 is 0 Å². The summed E-state index contributed by atoms with van der Waals surface area (Å²) in [5.74, 6) is -2.76. The maximum atomic E-state index is 12.6. The first kappa shape index (κ1) is 11.9. The zero-order valence-electron chi connectivity index (χ0n) is 8.37. The standard InChI is InChI=1S/C8H14F2.C2H6/c1-8(9,10)7-5-3-2-4-6-7;1-2/h7H,2-6H2,1H3;1-2H3. The van der Waals surface area contributed by atoms with E-state index in [9.17, 15) is 8.78 Å². The van der Waals surface area contributed by atoms with E-state index in [4.69, 9.17) is 0 Å². The fourth-order valence-electron chi connectivity index (χ4n) is 1.61. The molecule has 2 heteroatoms. The van der Waals surface area contributed by atoms with Crippen molar-refractivity contribution in [2.45, 2.75) is 58.8 Å². The maximum absolute atomic E-state index is 12.6. The second kappa shape index (κ2) is 5.50. The molecule has 0 saturated heterocycles. The van der Waals surface area contributed by atoms with Crippen molar-refractivity contribution in [2.24, 2.45) is 5.92 Å². The molecule has 0 bridgehead atoms. The summed E-state index contributed by atoms with van der Waals surface area (Å²) in [4.78, 5) is 0. The molecule has 0 radical (unpaired) electrons. The molecule has 0 N–H and O–H groups in total. The SMILES string of the molecule is CC.CC(F)(F)C1CCCCC1. The molecule has 0 spiro atoms. The molecule has 0 atom stereocenters. The quantitative estimate of drug-likeness (QED) is 0.563. The molecule has 0 nitrogen and oxygen atoms in total. The van der Waals surface area contributed by atoms with Gasteiger partial charge in [-0.2, -0.15) is 0 Å². The summed E-state index contributed by atoms with van der Waals surface area (Å²) in [5.41, 5.74) is 0. The van der Waals surface area contributed by atoms with Crippen LogP contribution in [0.25, 0.3) is 0 Å². The molecule has 0 aromatic rings. The fraction of sp³-hybridized carbons (Fsp3) is 1.00. The van der Waals surface area contributed by atoms with E-state index in [1.807, 2.05) is 13.8 Å². The smallest absolute Gasteiger partial charge is 0.207 e. The summed E-state index contributed by atoms with van der Waals surface area (Å²) < 4.78 is 25.2. The summed E-state index contributed by atoms with van der Waals surface area (Å²) in [6.45, 7) is 5.04. The van der Waals surface area contributed by atoms with E-state index < -0.39 is 5.92 Å². The van der Waals surface area contributed by atoms with Gasteiger partial charge < -0.3 is 0 Å². The normalized spacial score (nSPS) is 19.8. The Labute approximate surface area is 74.4 Å². The monoisotopic (exact) mass is 178 g/mol. The Morgan fingerprint density at radius 2 is 1.42 bits per heavy atom. The molecular weight excluding hydrogens is 158 g/mol. The number of rotatable bonds is 1. The molecule has 0 unspecified atom stereocenters. The molecule has 0 aromatic heterocycles. The van der Waals surface area contributed by atoms with Crippen LogP contribution in [-0.2, 0) is 0 Å². The Morgan fingerprint density at radius 3 is 1.67 bits per heavy atom. The first-order chi connectivity index (χ1) is 5.61. The third-order valence-electron chi connectivity index (χ3n) is 2.32. The van der Waals surface area contributed by atoms with Crippen LogP contribution in [0.2, 0.25) is 0 Å². The topological polar surface area (TPSA) is 0 Å². The third-order valence-corrected chi connectivity index (χ3v) is 2.32. The second-order valence-electron chi connectivity index (χ2n) is 3.29. The zero-order chi connectivity index (χ0) is 9.61. The van der Waals surface area contributed by atoms with Gasteiger partial charge in [0, 0.05) is 5.92 Å². The predicted octanol–water partition coefficient (Wildman–Crippen LogP) is 4.25. The number of hydrogen-bond donors (Lipinski definition) is 0. The average Bonchev–Trinajstić information content (AvgIpc) is 2.08. The van der Waals surface area contributed by atoms with Gasteiger partial charge in [0.1, 0.15) is 0 Å². The molecular formula is C10H20F2. The highest BCUT2D eigenvalue weighted by Gasteiger charge is 2.34. The first-order valence-corrected chi connectivity index (χ1v) is 4.98. The van der Waals surface area contributed by atoms with Gasteiger partial charge in [-0.05, 0) is 19.8 Å². The lowest BCUT2D eigenvalue weighted by Gasteiger charge is -2.26. The van der Waals surface area contributed by atoms with Gasteiger partial charge in [-0.1, -0.05) is 33.1 Å². The number of halogens is 2. The second-order valence-corrected chi connectivity index (χ2v) is 3.29. The molecule has 0 aliphatic heterocycles. The van der Waals surface area contributed by atoms with Crippen molar-refractivity contribution in [3.05, 3.63) is 0 Å². The summed E-state index contributed by atoms with van der Waals surface area (Å²) in [6.07, 6.45) is 4.59. The third kappa shape index (κ3) is 4.03. The first-order valence-electron chi connectivity index (χ1n) is 4.98. The largest absolute Gasteiger partial charge is 0.248 e. The van der Waals surface area contributed by atoms with Crippen LogP contribution in [0.5, 0.6) is 0 Å². The van der Waals surface area contributed by atoms with Crippen LogP contribution in [-0.4, -0.2) is 5.92 Å². The van der Waals surface area contributed by atoms with E-state index >= 15 is 0 Å². The minimum Gasteiger partial charge on any atom is -0.207 e. The Bertz CT molecular complexity index is 98.9. The molecule has 12 heavy (non-hydrogen) atoms. The van der Waals surface area contributed by atoms with Crippen LogP contribution < -0.4 is 0 Å². The van der Waals surface area contributed by atoms with Crippen LogP contribution in [0.3, 0.4) is 0 Å². The van der Waals surface area contributed by atoms with Crippen molar-refractivity contribution in [3.63, 3.8) is 0 Å². The zero-order valence-corrected chi connectivity index (χ0v) is 8.37.